The molecule has 1 aliphatic rings. The van der Waals surface area contributed by atoms with E-state index in [-0.39, 0.29) is 0 Å². The van der Waals surface area contributed by atoms with Crippen molar-refractivity contribution in [1.29, 1.82) is 0 Å². The summed E-state index contributed by atoms with van der Waals surface area (Å²) in [5, 5.41) is 9.76. The molecule has 1 aromatic rings. The van der Waals surface area contributed by atoms with E-state index in [9.17, 15) is 4.79 Å². The fourth-order valence-electron chi connectivity index (χ4n) is 1.82. The van der Waals surface area contributed by atoms with E-state index in [1.54, 1.807) is 0 Å². The van der Waals surface area contributed by atoms with Crippen LogP contribution in [0.3, 0.4) is 0 Å². The Morgan fingerprint density at radius 2 is 2.20 bits per heavy atom. The maximum absolute atomic E-state index is 11.0. The Kier molecular flexibility index (Phi) is 2.47. The standard InChI is InChI=1S/C12H13ClO2/c1-8-2-3-10(13)9(6-8)7-12(4-5-12)11(14)15/h2-3,6H,4-5,7H2,1H3,(H,14,15). The number of aliphatic carboxylic acids is 1. The van der Waals surface area contributed by atoms with Crippen molar-refractivity contribution in [2.45, 2.75) is 26.2 Å². The zero-order valence-corrected chi connectivity index (χ0v) is 9.34. The largest absolute Gasteiger partial charge is 0.481 e. The highest BCUT2D eigenvalue weighted by Gasteiger charge is 2.50. The first-order chi connectivity index (χ1) is 7.03. The number of carbonyl (C=O) groups is 1. The Labute approximate surface area is 93.9 Å². The topological polar surface area (TPSA) is 37.3 Å². The monoisotopic (exact) mass is 224 g/mol. The lowest BCUT2D eigenvalue weighted by molar-refractivity contribution is -0.143. The highest BCUT2D eigenvalue weighted by Crippen LogP contribution is 2.49. The first kappa shape index (κ1) is 10.5. The summed E-state index contributed by atoms with van der Waals surface area (Å²) >= 11 is 6.04. The van der Waals surface area contributed by atoms with Gasteiger partial charge in [-0.3, -0.25) is 4.79 Å². The molecule has 0 bridgehead atoms. The summed E-state index contributed by atoms with van der Waals surface area (Å²) in [4.78, 5) is 11.0. The summed E-state index contributed by atoms with van der Waals surface area (Å²) in [6.07, 6.45) is 2.10. The molecule has 1 fully saturated rings. The third-order valence-corrected chi connectivity index (χ3v) is 3.41. The minimum atomic E-state index is -0.694. The number of hydrogen-bond acceptors (Lipinski definition) is 1. The second-order valence-corrected chi connectivity index (χ2v) is 4.76. The van der Waals surface area contributed by atoms with Crippen molar-refractivity contribution < 1.29 is 9.90 Å². The van der Waals surface area contributed by atoms with E-state index in [0.29, 0.717) is 11.4 Å². The third-order valence-electron chi connectivity index (χ3n) is 3.04. The van der Waals surface area contributed by atoms with Gasteiger partial charge >= 0.3 is 5.97 Å². The molecule has 1 aliphatic carbocycles. The fraction of sp³-hybridized carbons (Fsp3) is 0.417. The molecule has 15 heavy (non-hydrogen) atoms. The van der Waals surface area contributed by atoms with E-state index in [2.05, 4.69) is 0 Å². The fourth-order valence-corrected chi connectivity index (χ4v) is 2.01. The molecule has 1 aromatic carbocycles. The third kappa shape index (κ3) is 2.00. The SMILES string of the molecule is Cc1ccc(Cl)c(CC2(C(=O)O)CC2)c1. The van der Waals surface area contributed by atoms with Crippen LogP contribution in [0.5, 0.6) is 0 Å². The van der Waals surface area contributed by atoms with E-state index in [4.69, 9.17) is 16.7 Å². The molecule has 0 atom stereocenters. The van der Waals surface area contributed by atoms with Gasteiger partial charge in [-0.15, -0.1) is 0 Å². The molecule has 2 nitrogen and oxygen atoms in total. The summed E-state index contributed by atoms with van der Waals surface area (Å²) in [6, 6.07) is 5.75. The summed E-state index contributed by atoms with van der Waals surface area (Å²) in [5.74, 6) is -0.694. The molecule has 2 rings (SSSR count). The van der Waals surface area contributed by atoms with Gasteiger partial charge < -0.3 is 5.11 Å². The molecule has 1 N–H and O–H groups in total. The average Bonchev–Trinajstić information content (AvgIpc) is 2.92. The van der Waals surface area contributed by atoms with Crippen molar-refractivity contribution in [3.05, 3.63) is 34.3 Å². The number of aryl methyl sites for hydroxylation is 1. The van der Waals surface area contributed by atoms with Crippen molar-refractivity contribution in [3.63, 3.8) is 0 Å². The first-order valence-electron chi connectivity index (χ1n) is 5.02. The second-order valence-electron chi connectivity index (χ2n) is 4.36. The van der Waals surface area contributed by atoms with E-state index < -0.39 is 11.4 Å². The maximum atomic E-state index is 11.0. The minimum absolute atomic E-state index is 0.530. The number of hydrogen-bond donors (Lipinski definition) is 1. The smallest absolute Gasteiger partial charge is 0.309 e. The molecular formula is C12H13ClO2. The molecule has 0 radical (unpaired) electrons. The Morgan fingerprint density at radius 3 is 2.73 bits per heavy atom. The second kappa shape index (κ2) is 3.53. The summed E-state index contributed by atoms with van der Waals surface area (Å²) in [7, 11) is 0. The van der Waals surface area contributed by atoms with E-state index in [1.165, 1.54) is 0 Å². The van der Waals surface area contributed by atoms with Gasteiger partial charge in [-0.1, -0.05) is 29.3 Å². The minimum Gasteiger partial charge on any atom is -0.481 e. The first-order valence-corrected chi connectivity index (χ1v) is 5.40. The van der Waals surface area contributed by atoms with Gasteiger partial charge in [0.15, 0.2) is 0 Å². The molecule has 0 heterocycles. The van der Waals surface area contributed by atoms with E-state index in [1.807, 2.05) is 25.1 Å². The Morgan fingerprint density at radius 1 is 1.53 bits per heavy atom. The van der Waals surface area contributed by atoms with Gasteiger partial charge in [0.1, 0.15) is 0 Å². The highest BCUT2D eigenvalue weighted by atomic mass is 35.5. The normalized spacial score (nSPS) is 17.5. The molecular weight excluding hydrogens is 212 g/mol. The summed E-state index contributed by atoms with van der Waals surface area (Å²) in [6.45, 7) is 1.99. The molecule has 3 heteroatoms. The number of carboxylic acid groups (broad SMARTS) is 1. The zero-order chi connectivity index (χ0) is 11.1. The predicted octanol–water partition coefficient (Wildman–Crippen LogP) is 3.06. The van der Waals surface area contributed by atoms with Crippen LogP contribution in [0.4, 0.5) is 0 Å². The van der Waals surface area contributed by atoms with Crippen molar-refractivity contribution >= 4 is 17.6 Å². The maximum Gasteiger partial charge on any atom is 0.309 e. The van der Waals surface area contributed by atoms with Gasteiger partial charge in [-0.2, -0.15) is 0 Å². The number of benzene rings is 1. The quantitative estimate of drug-likeness (QED) is 0.857. The molecule has 0 saturated heterocycles. The van der Waals surface area contributed by atoms with Gasteiger partial charge in [0, 0.05) is 5.02 Å². The van der Waals surface area contributed by atoms with Crippen molar-refractivity contribution in [2.75, 3.05) is 0 Å². The number of carboxylic acids is 1. The summed E-state index contributed by atoms with van der Waals surface area (Å²) < 4.78 is 0. The van der Waals surface area contributed by atoms with Crippen LogP contribution in [0.2, 0.25) is 5.02 Å². The molecule has 1 saturated carbocycles. The van der Waals surface area contributed by atoms with Crippen LogP contribution in [0.25, 0.3) is 0 Å². The van der Waals surface area contributed by atoms with Crippen LogP contribution in [0, 0.1) is 12.3 Å². The highest BCUT2D eigenvalue weighted by molar-refractivity contribution is 6.31. The van der Waals surface area contributed by atoms with Crippen LogP contribution in [0.1, 0.15) is 24.0 Å². The van der Waals surface area contributed by atoms with Crippen molar-refractivity contribution in [2.24, 2.45) is 5.41 Å². The van der Waals surface area contributed by atoms with Crippen LogP contribution < -0.4 is 0 Å². The Bertz CT molecular complexity index is 408. The molecule has 0 unspecified atom stereocenters. The molecule has 0 amide bonds. The Balaban J connectivity index is 2.24. The van der Waals surface area contributed by atoms with Crippen LogP contribution in [-0.4, -0.2) is 11.1 Å². The number of rotatable bonds is 3. The van der Waals surface area contributed by atoms with Crippen LogP contribution >= 0.6 is 11.6 Å². The lowest BCUT2D eigenvalue weighted by Gasteiger charge is -2.11. The lowest BCUT2D eigenvalue weighted by atomic mass is 9.96. The predicted molar refractivity (Wildman–Crippen MR) is 59.2 cm³/mol. The van der Waals surface area contributed by atoms with E-state index >= 15 is 0 Å². The average molecular weight is 225 g/mol. The zero-order valence-electron chi connectivity index (χ0n) is 8.59. The number of halogens is 1. The van der Waals surface area contributed by atoms with Crippen molar-refractivity contribution in [3.8, 4) is 0 Å². The van der Waals surface area contributed by atoms with E-state index in [0.717, 1.165) is 24.0 Å². The Hall–Kier alpha value is -1.02. The summed E-state index contributed by atoms with van der Waals surface area (Å²) in [5.41, 5.74) is 1.55. The van der Waals surface area contributed by atoms with Crippen LogP contribution in [0.15, 0.2) is 18.2 Å². The van der Waals surface area contributed by atoms with Crippen LogP contribution in [-0.2, 0) is 11.2 Å². The van der Waals surface area contributed by atoms with Gasteiger partial charge in [0.2, 0.25) is 0 Å². The lowest BCUT2D eigenvalue weighted by Crippen LogP contribution is -2.17. The van der Waals surface area contributed by atoms with Gasteiger partial charge in [0.25, 0.3) is 0 Å². The van der Waals surface area contributed by atoms with Gasteiger partial charge in [0.05, 0.1) is 5.41 Å². The molecule has 80 valence electrons. The van der Waals surface area contributed by atoms with Gasteiger partial charge in [-0.25, -0.2) is 0 Å². The molecule has 0 aromatic heterocycles. The van der Waals surface area contributed by atoms with Gasteiger partial charge in [-0.05, 0) is 37.8 Å². The van der Waals surface area contributed by atoms with Crippen molar-refractivity contribution in [1.82, 2.24) is 0 Å². The molecule has 0 aliphatic heterocycles. The molecule has 0 spiro atoms.